The van der Waals surface area contributed by atoms with Gasteiger partial charge in [0.15, 0.2) is 0 Å². The third-order valence-corrected chi connectivity index (χ3v) is 6.59. The van der Waals surface area contributed by atoms with Crippen molar-refractivity contribution in [3.8, 4) is 17.2 Å². The first-order chi connectivity index (χ1) is 15.6. The standard InChI is InChI=1S/C23H22N6O2S/c1-2-20(21-9-10-26-23(28-21)29-32(31)19-7-8-19)22(30)27-18-5-3-16(4-6-18)17-11-15(12-24)13-25-14-17/h3-6,9-11,13-14,19-20H,2,7-8H2,1H3,(H,27,30)(H,26,28,29). The number of nitrogens with one attached hydrogen (secondary N) is 2. The number of nitriles is 1. The van der Waals surface area contributed by atoms with Crippen LogP contribution in [0.25, 0.3) is 11.1 Å². The summed E-state index contributed by atoms with van der Waals surface area (Å²) in [5.41, 5.74) is 3.45. The van der Waals surface area contributed by atoms with Crippen molar-refractivity contribution in [2.75, 3.05) is 10.0 Å². The predicted molar refractivity (Wildman–Crippen MR) is 123 cm³/mol. The van der Waals surface area contributed by atoms with E-state index in [4.69, 9.17) is 5.26 Å². The molecule has 0 bridgehead atoms. The first kappa shape index (κ1) is 21.7. The Labute approximate surface area is 189 Å². The number of benzene rings is 1. The molecule has 8 nitrogen and oxygen atoms in total. The molecule has 162 valence electrons. The Morgan fingerprint density at radius 2 is 2.03 bits per heavy atom. The van der Waals surface area contributed by atoms with E-state index in [1.807, 2.05) is 31.2 Å². The van der Waals surface area contributed by atoms with Crippen molar-refractivity contribution >= 4 is 28.9 Å². The van der Waals surface area contributed by atoms with E-state index in [-0.39, 0.29) is 17.1 Å². The zero-order valence-electron chi connectivity index (χ0n) is 17.5. The van der Waals surface area contributed by atoms with Gasteiger partial charge < -0.3 is 9.87 Å². The van der Waals surface area contributed by atoms with Gasteiger partial charge in [0.05, 0.1) is 28.5 Å². The van der Waals surface area contributed by atoms with Gasteiger partial charge in [0, 0.05) is 42.7 Å². The first-order valence-electron chi connectivity index (χ1n) is 10.3. The minimum atomic E-state index is -1.20. The number of aromatic nitrogens is 3. The van der Waals surface area contributed by atoms with Crippen LogP contribution in [0.4, 0.5) is 11.6 Å². The van der Waals surface area contributed by atoms with Gasteiger partial charge in [0.25, 0.3) is 5.95 Å². The fraction of sp³-hybridized carbons (Fsp3) is 0.261. The molecule has 3 aromatic rings. The van der Waals surface area contributed by atoms with Gasteiger partial charge in [-0.25, -0.2) is 9.97 Å². The van der Waals surface area contributed by atoms with Gasteiger partial charge in [-0.1, -0.05) is 19.1 Å². The second kappa shape index (κ2) is 9.77. The summed E-state index contributed by atoms with van der Waals surface area (Å²) in [6.07, 6.45) is 7.22. The zero-order valence-corrected chi connectivity index (χ0v) is 18.3. The van der Waals surface area contributed by atoms with Crippen LogP contribution < -0.4 is 10.0 Å². The van der Waals surface area contributed by atoms with Crippen molar-refractivity contribution in [2.45, 2.75) is 37.4 Å². The molecule has 1 saturated carbocycles. The number of carbonyl (C=O) groups is 1. The van der Waals surface area contributed by atoms with E-state index in [0.717, 1.165) is 24.0 Å². The monoisotopic (exact) mass is 446 g/mol. The lowest BCUT2D eigenvalue weighted by molar-refractivity contribution is -0.117. The third kappa shape index (κ3) is 5.22. The molecule has 0 spiro atoms. The SMILES string of the molecule is CCC(C(=O)Nc1ccc(-c2cncc(C#N)c2)cc1)c1ccnc(N[S+]([O-])C2CC2)n1. The van der Waals surface area contributed by atoms with E-state index in [9.17, 15) is 9.35 Å². The maximum atomic E-state index is 12.9. The van der Waals surface area contributed by atoms with Gasteiger partial charge in [-0.05, 0) is 36.2 Å². The first-order valence-corrected chi connectivity index (χ1v) is 11.5. The molecule has 1 aliphatic carbocycles. The van der Waals surface area contributed by atoms with E-state index < -0.39 is 17.3 Å². The fourth-order valence-corrected chi connectivity index (χ4v) is 4.24. The second-order valence-electron chi connectivity index (χ2n) is 7.51. The molecule has 2 aromatic heterocycles. The summed E-state index contributed by atoms with van der Waals surface area (Å²) in [5, 5.41) is 12.1. The summed E-state index contributed by atoms with van der Waals surface area (Å²) in [7, 11) is 0. The van der Waals surface area contributed by atoms with Crippen LogP contribution in [0.3, 0.4) is 0 Å². The lowest BCUT2D eigenvalue weighted by Crippen LogP contribution is -2.23. The van der Waals surface area contributed by atoms with Crippen molar-refractivity contribution < 1.29 is 9.35 Å². The molecule has 1 aromatic carbocycles. The Bertz CT molecular complexity index is 1140. The molecule has 1 aliphatic rings. The molecule has 1 fully saturated rings. The number of carbonyl (C=O) groups excluding carboxylic acids is 1. The second-order valence-corrected chi connectivity index (χ2v) is 8.97. The molecular weight excluding hydrogens is 424 g/mol. The molecule has 2 atom stereocenters. The van der Waals surface area contributed by atoms with Gasteiger partial charge in [0.2, 0.25) is 5.91 Å². The molecule has 32 heavy (non-hydrogen) atoms. The molecular formula is C23H22N6O2S. The number of nitrogens with zero attached hydrogens (tertiary/aromatic N) is 4. The van der Waals surface area contributed by atoms with E-state index >= 15 is 0 Å². The van der Waals surface area contributed by atoms with E-state index in [1.165, 1.54) is 6.20 Å². The van der Waals surface area contributed by atoms with Crippen LogP contribution in [0.1, 0.15) is 43.4 Å². The average molecular weight is 447 g/mol. The quantitative estimate of drug-likeness (QED) is 0.504. The lowest BCUT2D eigenvalue weighted by atomic mass is 10.0. The van der Waals surface area contributed by atoms with Crippen LogP contribution in [-0.4, -0.2) is 30.7 Å². The van der Waals surface area contributed by atoms with Crippen molar-refractivity contribution in [1.82, 2.24) is 15.0 Å². The van der Waals surface area contributed by atoms with Crippen LogP contribution >= 0.6 is 0 Å². The highest BCUT2D eigenvalue weighted by Crippen LogP contribution is 2.29. The fourth-order valence-electron chi connectivity index (χ4n) is 3.23. The lowest BCUT2D eigenvalue weighted by Gasteiger charge is -2.16. The maximum Gasteiger partial charge on any atom is 0.265 e. The largest absolute Gasteiger partial charge is 0.593 e. The van der Waals surface area contributed by atoms with Crippen LogP contribution in [0.15, 0.2) is 55.0 Å². The zero-order chi connectivity index (χ0) is 22.5. The summed E-state index contributed by atoms with van der Waals surface area (Å²) in [5.74, 6) is -0.373. The molecule has 2 unspecified atom stereocenters. The minimum Gasteiger partial charge on any atom is -0.593 e. The molecule has 0 saturated heterocycles. The van der Waals surface area contributed by atoms with Crippen LogP contribution in [0.2, 0.25) is 0 Å². The Hall–Kier alpha value is -3.48. The Morgan fingerprint density at radius 1 is 1.25 bits per heavy atom. The van der Waals surface area contributed by atoms with Crippen LogP contribution in [0.5, 0.6) is 0 Å². The van der Waals surface area contributed by atoms with Crippen molar-refractivity contribution in [1.29, 1.82) is 5.26 Å². The molecule has 9 heteroatoms. The number of pyridine rings is 1. The average Bonchev–Trinajstić information content (AvgIpc) is 3.66. The highest BCUT2D eigenvalue weighted by Gasteiger charge is 2.35. The summed E-state index contributed by atoms with van der Waals surface area (Å²) in [6, 6.07) is 12.9. The van der Waals surface area contributed by atoms with E-state index in [0.29, 0.717) is 23.4 Å². The number of hydrogen-bond acceptors (Lipinski definition) is 7. The van der Waals surface area contributed by atoms with Crippen molar-refractivity contribution in [2.24, 2.45) is 0 Å². The summed E-state index contributed by atoms with van der Waals surface area (Å²) < 4.78 is 14.9. The predicted octanol–water partition coefficient (Wildman–Crippen LogP) is 3.78. The Morgan fingerprint density at radius 3 is 2.72 bits per heavy atom. The number of anilines is 2. The summed E-state index contributed by atoms with van der Waals surface area (Å²) >= 11 is -1.20. The van der Waals surface area contributed by atoms with Crippen LogP contribution in [-0.2, 0) is 16.2 Å². The minimum absolute atomic E-state index is 0.161. The van der Waals surface area contributed by atoms with Gasteiger partial charge >= 0.3 is 0 Å². The molecule has 4 rings (SSSR count). The van der Waals surface area contributed by atoms with E-state index in [2.05, 4.69) is 31.1 Å². The summed E-state index contributed by atoms with van der Waals surface area (Å²) in [6.45, 7) is 1.92. The third-order valence-electron chi connectivity index (χ3n) is 5.13. The van der Waals surface area contributed by atoms with Gasteiger partial charge in [0.1, 0.15) is 11.3 Å². The number of hydrogen-bond donors (Lipinski definition) is 2. The molecule has 2 heterocycles. The number of rotatable bonds is 8. The molecule has 0 radical (unpaired) electrons. The highest BCUT2D eigenvalue weighted by molar-refractivity contribution is 7.93. The summed E-state index contributed by atoms with van der Waals surface area (Å²) in [4.78, 5) is 25.6. The Kier molecular flexibility index (Phi) is 6.63. The van der Waals surface area contributed by atoms with Gasteiger partial charge in [-0.2, -0.15) is 9.98 Å². The number of amides is 1. The van der Waals surface area contributed by atoms with Gasteiger partial charge in [-0.3, -0.25) is 9.78 Å². The van der Waals surface area contributed by atoms with Crippen molar-refractivity contribution in [3.05, 3.63) is 66.2 Å². The van der Waals surface area contributed by atoms with Gasteiger partial charge in [-0.15, -0.1) is 0 Å². The molecule has 0 aliphatic heterocycles. The highest BCUT2D eigenvalue weighted by atomic mass is 32.2. The van der Waals surface area contributed by atoms with Crippen LogP contribution in [0, 0.1) is 11.3 Å². The topological polar surface area (TPSA) is 127 Å². The molecule has 2 N–H and O–H groups in total. The smallest absolute Gasteiger partial charge is 0.265 e. The Balaban J connectivity index is 1.44. The normalized spacial score (nSPS) is 14.8. The van der Waals surface area contributed by atoms with Crippen molar-refractivity contribution in [3.63, 3.8) is 0 Å². The maximum absolute atomic E-state index is 12.9. The van der Waals surface area contributed by atoms with E-state index in [1.54, 1.807) is 24.5 Å². The molecule has 1 amide bonds.